The molecule has 0 spiro atoms. The summed E-state index contributed by atoms with van der Waals surface area (Å²) in [5.74, 6) is -5.16. The molecular weight excluding hydrogens is 550 g/mol. The molecule has 0 aliphatic heterocycles. The smallest absolute Gasteiger partial charge is 0.326 e. The summed E-state index contributed by atoms with van der Waals surface area (Å²) in [6.45, 7) is 0.922. The van der Waals surface area contributed by atoms with Gasteiger partial charge in [0.25, 0.3) is 0 Å². The first-order valence-electron chi connectivity index (χ1n) is 12.6. The van der Waals surface area contributed by atoms with Crippen molar-refractivity contribution in [2.75, 3.05) is 25.4 Å². The molecule has 17 nitrogen and oxygen atoms in total. The summed E-state index contributed by atoms with van der Waals surface area (Å²) in [7, 11) is 0. The summed E-state index contributed by atoms with van der Waals surface area (Å²) in [6, 6.07) is -6.62. The van der Waals surface area contributed by atoms with Crippen molar-refractivity contribution < 1.29 is 39.3 Å². The number of nitrogens with one attached hydrogen (secondary N) is 4. The van der Waals surface area contributed by atoms with Crippen molar-refractivity contribution in [3.05, 3.63) is 0 Å². The predicted molar refractivity (Wildman–Crippen MR) is 149 cm³/mol. The van der Waals surface area contributed by atoms with Gasteiger partial charge in [0, 0.05) is 12.3 Å². The van der Waals surface area contributed by atoms with Crippen molar-refractivity contribution in [3.63, 3.8) is 0 Å². The van der Waals surface area contributed by atoms with Crippen molar-refractivity contribution in [3.8, 4) is 0 Å². The number of carboxylic acid groups (broad SMARTS) is 1. The van der Waals surface area contributed by atoms with Crippen LogP contribution in [0.1, 0.15) is 39.0 Å². The molecule has 6 atom stereocenters. The Kier molecular flexibility index (Phi) is 18.2. The number of carbonyl (C=O) groups is 5. The number of rotatable bonds is 20. The van der Waals surface area contributed by atoms with E-state index < -0.39 is 72.5 Å². The summed E-state index contributed by atoms with van der Waals surface area (Å²) in [4.78, 5) is 65.9. The highest BCUT2D eigenvalue weighted by Gasteiger charge is 2.31. The van der Waals surface area contributed by atoms with Gasteiger partial charge in [-0.1, -0.05) is 0 Å². The highest BCUT2D eigenvalue weighted by Crippen LogP contribution is 2.04. The van der Waals surface area contributed by atoms with Crippen LogP contribution in [0.25, 0.3) is 0 Å². The first kappa shape index (κ1) is 36.8. The Morgan fingerprint density at radius 2 is 1.32 bits per heavy atom. The number of carbonyl (C=O) groups excluding carboxylic acids is 4. The van der Waals surface area contributed by atoms with Gasteiger partial charge in [-0.25, -0.2) is 4.79 Å². The van der Waals surface area contributed by atoms with E-state index >= 15 is 0 Å². The van der Waals surface area contributed by atoms with E-state index in [1.807, 2.05) is 0 Å². The number of unbranched alkanes of at least 4 members (excludes halogenated alkanes) is 1. The molecule has 0 aromatic heterocycles. The molecule has 18 heteroatoms. The Hall–Kier alpha value is -3.19. The van der Waals surface area contributed by atoms with Gasteiger partial charge in [0.05, 0.1) is 12.7 Å². The molecule has 0 saturated carbocycles. The molecule has 0 fully saturated rings. The second-order valence-electron chi connectivity index (χ2n) is 8.95. The lowest BCUT2D eigenvalue weighted by Gasteiger charge is -2.25. The Morgan fingerprint density at radius 3 is 1.82 bits per heavy atom. The lowest BCUT2D eigenvalue weighted by Crippen LogP contribution is -2.60. The Bertz CT molecular complexity index is 873. The maximum absolute atomic E-state index is 12.9. The van der Waals surface area contributed by atoms with Crippen LogP contribution >= 0.6 is 12.6 Å². The molecule has 0 rings (SSSR count). The third-order valence-electron chi connectivity index (χ3n) is 5.59. The molecule has 0 aromatic carbocycles. The van der Waals surface area contributed by atoms with E-state index in [-0.39, 0.29) is 37.5 Å². The quantitative estimate of drug-likeness (QED) is 0.0273. The first-order valence-corrected chi connectivity index (χ1v) is 13.3. The van der Waals surface area contributed by atoms with Crippen LogP contribution in [-0.4, -0.2) is 113 Å². The van der Waals surface area contributed by atoms with E-state index in [9.17, 15) is 39.3 Å². The van der Waals surface area contributed by atoms with Crippen molar-refractivity contribution in [2.45, 2.75) is 75.3 Å². The fourth-order valence-electron chi connectivity index (χ4n) is 3.21. The zero-order valence-corrected chi connectivity index (χ0v) is 23.3. The average Bonchev–Trinajstić information content (AvgIpc) is 2.89. The summed E-state index contributed by atoms with van der Waals surface area (Å²) in [5, 5.41) is 38.0. The number of amides is 4. The SMILES string of the molecule is C[C@@H](O)[C@H](N)C(=O)N[C@H](CCCCN)C(=O)N[C@H](CO)C(=O)N[C@@H](CS)C(=O)N[C@@H](CCCN=C(N)N)C(=O)O. The Labute approximate surface area is 237 Å². The molecule has 0 aromatic rings. The van der Waals surface area contributed by atoms with Crippen LogP contribution in [0.2, 0.25) is 0 Å². The Balaban J connectivity index is 5.34. The minimum atomic E-state index is -1.53. The van der Waals surface area contributed by atoms with Crippen LogP contribution in [0, 0.1) is 0 Å². The zero-order valence-electron chi connectivity index (χ0n) is 22.4. The standard InChI is InChI=1S/C22H43N9O8S/c1-11(33)16(24)20(37)28-12(5-2-3-7-23)17(34)30-14(9-32)18(35)31-15(10-40)19(36)29-13(21(38)39)6-4-8-27-22(25)26/h11-16,32-33,40H,2-10,23-24H2,1H3,(H,28,37)(H,29,36)(H,30,34)(H,31,35)(H,38,39)(H4,25,26,27)/t11-,12-,13+,14-,15+,16+/m1/s1. The van der Waals surface area contributed by atoms with Crippen molar-refractivity contribution in [1.82, 2.24) is 21.3 Å². The van der Waals surface area contributed by atoms with Gasteiger partial charge in [0.15, 0.2) is 5.96 Å². The second-order valence-corrected chi connectivity index (χ2v) is 9.31. The van der Waals surface area contributed by atoms with Crippen LogP contribution in [-0.2, 0) is 24.0 Å². The highest BCUT2D eigenvalue weighted by atomic mass is 32.1. The monoisotopic (exact) mass is 593 g/mol. The van der Waals surface area contributed by atoms with Gasteiger partial charge in [0.2, 0.25) is 23.6 Å². The molecule has 15 N–H and O–H groups in total. The molecule has 0 radical (unpaired) electrons. The fraction of sp³-hybridized carbons (Fsp3) is 0.727. The van der Waals surface area contributed by atoms with Gasteiger partial charge in [-0.3, -0.25) is 24.2 Å². The van der Waals surface area contributed by atoms with E-state index in [1.54, 1.807) is 0 Å². The first-order chi connectivity index (χ1) is 18.8. The van der Waals surface area contributed by atoms with Gasteiger partial charge >= 0.3 is 5.97 Å². The number of hydrogen-bond donors (Lipinski definition) is 12. The van der Waals surface area contributed by atoms with Gasteiger partial charge in [-0.15, -0.1) is 0 Å². The van der Waals surface area contributed by atoms with Crippen molar-refractivity contribution >= 4 is 48.2 Å². The van der Waals surface area contributed by atoms with Crippen LogP contribution in [0.3, 0.4) is 0 Å². The normalized spacial score (nSPS) is 15.3. The summed E-state index contributed by atoms with van der Waals surface area (Å²) in [6.07, 6.45) is 0.159. The molecule has 0 aliphatic rings. The average molecular weight is 594 g/mol. The van der Waals surface area contributed by atoms with E-state index in [1.165, 1.54) is 6.92 Å². The third kappa shape index (κ3) is 14.3. The van der Waals surface area contributed by atoms with Crippen molar-refractivity contribution in [2.24, 2.45) is 27.9 Å². The van der Waals surface area contributed by atoms with Crippen LogP contribution < -0.4 is 44.2 Å². The number of aliphatic hydroxyl groups excluding tert-OH is 2. The van der Waals surface area contributed by atoms with Crippen LogP contribution in [0.5, 0.6) is 0 Å². The van der Waals surface area contributed by atoms with Crippen molar-refractivity contribution in [1.29, 1.82) is 0 Å². The predicted octanol–water partition coefficient (Wildman–Crippen LogP) is -5.18. The number of guanidine groups is 1. The summed E-state index contributed by atoms with van der Waals surface area (Å²) in [5.41, 5.74) is 21.5. The molecule has 0 bridgehead atoms. The number of nitrogens with two attached hydrogens (primary N) is 4. The zero-order chi connectivity index (χ0) is 30.8. The van der Waals surface area contributed by atoms with E-state index in [0.29, 0.717) is 19.4 Å². The van der Waals surface area contributed by atoms with E-state index in [0.717, 1.165) is 0 Å². The maximum Gasteiger partial charge on any atom is 0.326 e. The van der Waals surface area contributed by atoms with Crippen LogP contribution in [0.4, 0.5) is 0 Å². The molecule has 0 aliphatic carbocycles. The number of aliphatic carboxylic acids is 1. The number of aliphatic imine (C=N–C) groups is 1. The number of thiol groups is 1. The molecular formula is C22H43N9O8S. The molecule has 40 heavy (non-hydrogen) atoms. The molecule has 4 amide bonds. The summed E-state index contributed by atoms with van der Waals surface area (Å²) >= 11 is 4.02. The lowest BCUT2D eigenvalue weighted by molar-refractivity contribution is -0.142. The number of hydrogen-bond acceptors (Lipinski definition) is 11. The highest BCUT2D eigenvalue weighted by molar-refractivity contribution is 7.80. The van der Waals surface area contributed by atoms with Gasteiger partial charge < -0.3 is 59.5 Å². The van der Waals surface area contributed by atoms with Gasteiger partial charge in [-0.2, -0.15) is 12.6 Å². The largest absolute Gasteiger partial charge is 0.480 e. The van der Waals surface area contributed by atoms with Gasteiger partial charge in [0.1, 0.15) is 30.2 Å². The fourth-order valence-corrected chi connectivity index (χ4v) is 3.47. The maximum atomic E-state index is 12.9. The van der Waals surface area contributed by atoms with Crippen LogP contribution in [0.15, 0.2) is 4.99 Å². The Morgan fingerprint density at radius 1 is 0.825 bits per heavy atom. The molecule has 0 saturated heterocycles. The second kappa shape index (κ2) is 19.8. The minimum Gasteiger partial charge on any atom is -0.480 e. The number of carboxylic acids is 1. The lowest BCUT2D eigenvalue weighted by atomic mass is 10.1. The van der Waals surface area contributed by atoms with E-state index in [2.05, 4.69) is 38.9 Å². The minimum absolute atomic E-state index is 0.00358. The van der Waals surface area contributed by atoms with Gasteiger partial charge in [-0.05, 0) is 45.6 Å². The summed E-state index contributed by atoms with van der Waals surface area (Å²) < 4.78 is 0. The molecule has 0 unspecified atom stereocenters. The number of aliphatic hydroxyl groups is 2. The molecule has 0 heterocycles. The topological polar surface area (TPSA) is 311 Å². The molecule has 230 valence electrons. The number of nitrogens with zero attached hydrogens (tertiary/aromatic N) is 1. The van der Waals surface area contributed by atoms with E-state index in [4.69, 9.17) is 22.9 Å². The third-order valence-corrected chi connectivity index (χ3v) is 5.96.